The highest BCUT2D eigenvalue weighted by Crippen LogP contribution is 2.47. The Kier molecular flexibility index (Phi) is 5.84. The van der Waals surface area contributed by atoms with Crippen LogP contribution in [0.15, 0.2) is 24.3 Å². The molecule has 1 N–H and O–H groups in total. The Morgan fingerprint density at radius 2 is 1.47 bits per heavy atom. The Hall–Kier alpha value is -0.126. The van der Waals surface area contributed by atoms with Crippen molar-refractivity contribution in [2.45, 2.75) is 76.8 Å². The van der Waals surface area contributed by atoms with Crippen molar-refractivity contribution in [3.63, 3.8) is 0 Å². The summed E-state index contributed by atoms with van der Waals surface area (Å²) < 4.78 is 4.09. The molecule has 1 aliphatic rings. The molecular formula is C16H33NSi2. The lowest BCUT2D eigenvalue weighted by Gasteiger charge is -2.44. The molecule has 3 heteroatoms. The van der Waals surface area contributed by atoms with Crippen LogP contribution >= 0.6 is 0 Å². The smallest absolute Gasteiger partial charge is 0.126 e. The molecule has 1 nitrogen and oxygen atoms in total. The van der Waals surface area contributed by atoms with Crippen LogP contribution in [0.4, 0.5) is 0 Å². The fraction of sp³-hybridized carbons (Fsp3) is 0.750. The number of hydrogen-bond acceptors (Lipinski definition) is 1. The molecule has 0 aromatic heterocycles. The molecule has 0 atom stereocenters. The zero-order valence-corrected chi connectivity index (χ0v) is 15.8. The largest absolute Gasteiger partial charge is 0.359 e. The number of hydrogen-bond donors (Lipinski definition) is 1. The van der Waals surface area contributed by atoms with E-state index in [0.29, 0.717) is 5.04 Å². The fourth-order valence-electron chi connectivity index (χ4n) is 3.30. The highest BCUT2D eigenvalue weighted by atomic mass is 28.4. The van der Waals surface area contributed by atoms with Gasteiger partial charge in [-0.05, 0) is 6.42 Å². The van der Waals surface area contributed by atoms with Gasteiger partial charge in [0.15, 0.2) is 0 Å². The maximum absolute atomic E-state index is 4.09. The summed E-state index contributed by atoms with van der Waals surface area (Å²) in [5.41, 5.74) is 0. The molecule has 0 spiro atoms. The van der Waals surface area contributed by atoms with Gasteiger partial charge < -0.3 is 4.65 Å². The minimum Gasteiger partial charge on any atom is -0.359 e. The van der Waals surface area contributed by atoms with Gasteiger partial charge in [-0.15, -0.1) is 0 Å². The average Bonchev–Trinajstić information content (AvgIpc) is 2.71. The van der Waals surface area contributed by atoms with Gasteiger partial charge in [-0.3, -0.25) is 0 Å². The van der Waals surface area contributed by atoms with Crippen LogP contribution in [0.2, 0.25) is 37.8 Å². The summed E-state index contributed by atoms with van der Waals surface area (Å²) >= 11 is 0. The Morgan fingerprint density at radius 1 is 0.895 bits per heavy atom. The van der Waals surface area contributed by atoms with Crippen molar-refractivity contribution in [3.8, 4) is 0 Å². The second-order valence-electron chi connectivity index (χ2n) is 7.57. The summed E-state index contributed by atoms with van der Waals surface area (Å²) in [5.74, 6) is 0. The lowest BCUT2D eigenvalue weighted by Crippen LogP contribution is -2.62. The van der Waals surface area contributed by atoms with Gasteiger partial charge in [-0.1, -0.05) is 89.6 Å². The SMILES string of the molecule is CCCCCCC1([Si](C)(C)N[Si](C)(C)C)C=CC=C1. The third-order valence-electron chi connectivity index (χ3n) is 4.19. The highest BCUT2D eigenvalue weighted by molar-refractivity contribution is 6.92. The van der Waals surface area contributed by atoms with Gasteiger partial charge in [0.2, 0.25) is 0 Å². The second-order valence-corrected chi connectivity index (χ2v) is 17.3. The topological polar surface area (TPSA) is 12.0 Å². The van der Waals surface area contributed by atoms with Crippen molar-refractivity contribution >= 4 is 16.5 Å². The number of nitrogens with one attached hydrogen (secondary N) is 1. The summed E-state index contributed by atoms with van der Waals surface area (Å²) in [6.07, 6.45) is 16.3. The summed E-state index contributed by atoms with van der Waals surface area (Å²) in [6, 6.07) is 0. The Morgan fingerprint density at radius 3 is 1.95 bits per heavy atom. The molecule has 110 valence electrons. The van der Waals surface area contributed by atoms with Crippen LogP contribution < -0.4 is 4.65 Å². The molecule has 0 amide bonds. The number of allylic oxidation sites excluding steroid dienone is 4. The van der Waals surface area contributed by atoms with Crippen molar-refractivity contribution < 1.29 is 0 Å². The molecule has 0 unspecified atom stereocenters. The first-order valence-electron chi connectivity index (χ1n) is 7.89. The zero-order chi connectivity index (χ0) is 14.6. The lowest BCUT2D eigenvalue weighted by molar-refractivity contribution is 0.588. The van der Waals surface area contributed by atoms with E-state index < -0.39 is 16.5 Å². The molecule has 1 aliphatic carbocycles. The van der Waals surface area contributed by atoms with Crippen molar-refractivity contribution in [1.29, 1.82) is 0 Å². The van der Waals surface area contributed by atoms with Crippen molar-refractivity contribution in [2.24, 2.45) is 0 Å². The minimum atomic E-state index is -1.48. The molecule has 0 aromatic carbocycles. The van der Waals surface area contributed by atoms with E-state index in [1.807, 2.05) is 0 Å². The van der Waals surface area contributed by atoms with E-state index in [4.69, 9.17) is 0 Å². The molecule has 0 fully saturated rings. The Bertz CT molecular complexity index is 325. The van der Waals surface area contributed by atoms with E-state index in [2.05, 4.69) is 68.6 Å². The fourth-order valence-corrected chi connectivity index (χ4v) is 13.6. The maximum Gasteiger partial charge on any atom is 0.126 e. The molecular weight excluding hydrogens is 262 g/mol. The normalized spacial score (nSPS) is 18.2. The van der Waals surface area contributed by atoms with Gasteiger partial charge in [-0.25, -0.2) is 0 Å². The van der Waals surface area contributed by atoms with Crippen LogP contribution in [-0.2, 0) is 0 Å². The predicted octanol–water partition coefficient (Wildman–Crippen LogP) is 5.45. The molecule has 0 heterocycles. The first kappa shape index (κ1) is 16.9. The third-order valence-corrected chi connectivity index (χ3v) is 12.6. The first-order valence-corrected chi connectivity index (χ1v) is 14.4. The van der Waals surface area contributed by atoms with E-state index in [-0.39, 0.29) is 0 Å². The predicted molar refractivity (Wildman–Crippen MR) is 93.7 cm³/mol. The molecule has 0 aromatic rings. The van der Waals surface area contributed by atoms with E-state index in [0.717, 1.165) is 0 Å². The van der Waals surface area contributed by atoms with Crippen LogP contribution in [0, 0.1) is 0 Å². The minimum absolute atomic E-state index is 0.348. The van der Waals surface area contributed by atoms with Gasteiger partial charge in [0.1, 0.15) is 16.5 Å². The van der Waals surface area contributed by atoms with Crippen LogP contribution in [0.5, 0.6) is 0 Å². The molecule has 0 bridgehead atoms. The number of rotatable bonds is 8. The van der Waals surface area contributed by atoms with Gasteiger partial charge in [0.25, 0.3) is 0 Å². The standard InChI is InChI=1S/C16H33NSi2/c1-7-8-9-10-13-16(14-11-12-15-16)19(5,6)17-18(2,3)4/h11-12,14-15,17H,7-10,13H2,1-6H3. The zero-order valence-electron chi connectivity index (χ0n) is 13.8. The Balaban J connectivity index is 2.76. The van der Waals surface area contributed by atoms with Crippen LogP contribution in [0.3, 0.4) is 0 Å². The first-order chi connectivity index (χ1) is 8.72. The van der Waals surface area contributed by atoms with Gasteiger partial charge in [-0.2, -0.15) is 0 Å². The van der Waals surface area contributed by atoms with E-state index in [1.54, 1.807) is 0 Å². The quantitative estimate of drug-likeness (QED) is 0.463. The van der Waals surface area contributed by atoms with E-state index in [1.165, 1.54) is 32.1 Å². The van der Waals surface area contributed by atoms with Crippen LogP contribution in [-0.4, -0.2) is 16.5 Å². The maximum atomic E-state index is 4.09. The van der Waals surface area contributed by atoms with Crippen LogP contribution in [0.25, 0.3) is 0 Å². The van der Waals surface area contributed by atoms with Crippen LogP contribution in [0.1, 0.15) is 39.0 Å². The summed E-state index contributed by atoms with van der Waals surface area (Å²) in [7, 11) is -2.70. The highest BCUT2D eigenvalue weighted by Gasteiger charge is 2.45. The Labute approximate surface area is 122 Å². The van der Waals surface area contributed by atoms with Crippen molar-refractivity contribution in [1.82, 2.24) is 4.65 Å². The van der Waals surface area contributed by atoms with E-state index >= 15 is 0 Å². The molecule has 0 saturated heterocycles. The average molecular weight is 296 g/mol. The summed E-state index contributed by atoms with van der Waals surface area (Å²) in [6.45, 7) is 14.6. The molecule has 1 rings (SSSR count). The lowest BCUT2D eigenvalue weighted by atomic mass is 10.0. The molecule has 0 saturated carbocycles. The van der Waals surface area contributed by atoms with E-state index in [9.17, 15) is 0 Å². The monoisotopic (exact) mass is 295 g/mol. The molecule has 0 aliphatic heterocycles. The van der Waals surface area contributed by atoms with Gasteiger partial charge >= 0.3 is 0 Å². The second kappa shape index (κ2) is 6.55. The van der Waals surface area contributed by atoms with Crippen molar-refractivity contribution in [2.75, 3.05) is 0 Å². The van der Waals surface area contributed by atoms with Gasteiger partial charge in [0, 0.05) is 5.04 Å². The van der Waals surface area contributed by atoms with Gasteiger partial charge in [0.05, 0.1) is 0 Å². The molecule has 0 radical (unpaired) electrons. The molecule has 19 heavy (non-hydrogen) atoms. The summed E-state index contributed by atoms with van der Waals surface area (Å²) in [4.78, 5) is 0. The van der Waals surface area contributed by atoms with Crippen molar-refractivity contribution in [3.05, 3.63) is 24.3 Å². The summed E-state index contributed by atoms with van der Waals surface area (Å²) in [5, 5.41) is 0.348. The third kappa shape index (κ3) is 4.72. The number of unbranched alkanes of at least 4 members (excludes halogenated alkanes) is 3.